The molecule has 3 rings (SSSR count). The molecule has 0 saturated carbocycles. The minimum atomic E-state index is 0.0837. The van der Waals surface area contributed by atoms with Crippen LogP contribution in [0.3, 0.4) is 0 Å². The highest BCUT2D eigenvalue weighted by molar-refractivity contribution is 5.75. The first-order chi connectivity index (χ1) is 11.1. The van der Waals surface area contributed by atoms with Crippen LogP contribution in [0, 0.1) is 0 Å². The number of phenols is 1. The van der Waals surface area contributed by atoms with E-state index in [2.05, 4.69) is 15.1 Å². The predicted molar refractivity (Wildman–Crippen MR) is 88.0 cm³/mol. The normalized spacial score (nSPS) is 14.8. The van der Waals surface area contributed by atoms with Gasteiger partial charge in [0.2, 0.25) is 5.91 Å². The van der Waals surface area contributed by atoms with Crippen LogP contribution in [0.4, 0.5) is 11.5 Å². The van der Waals surface area contributed by atoms with Gasteiger partial charge in [-0.2, -0.15) is 0 Å². The summed E-state index contributed by atoms with van der Waals surface area (Å²) in [5.74, 6) is 0.583. The summed E-state index contributed by atoms with van der Waals surface area (Å²) in [4.78, 5) is 15.3. The van der Waals surface area contributed by atoms with E-state index in [0.717, 1.165) is 5.69 Å². The van der Waals surface area contributed by atoms with Crippen LogP contribution in [0.5, 0.6) is 5.75 Å². The van der Waals surface area contributed by atoms with Crippen LogP contribution in [0.1, 0.15) is 6.92 Å². The molecule has 0 spiro atoms. The van der Waals surface area contributed by atoms with Crippen molar-refractivity contribution in [3.05, 3.63) is 30.3 Å². The fraction of sp³-hybridized carbons (Fsp3) is 0.312. The maximum atomic E-state index is 11.4. The molecule has 0 aliphatic carbocycles. The molecular weight excluding hydrogens is 294 g/mol. The van der Waals surface area contributed by atoms with Crippen LogP contribution in [-0.2, 0) is 4.79 Å². The van der Waals surface area contributed by atoms with E-state index in [9.17, 15) is 9.90 Å². The van der Waals surface area contributed by atoms with E-state index in [4.69, 9.17) is 5.73 Å². The van der Waals surface area contributed by atoms with Crippen LogP contribution in [0.15, 0.2) is 30.3 Å². The molecule has 0 bridgehead atoms. The number of nitrogens with zero attached hydrogens (tertiary/aromatic N) is 4. The Morgan fingerprint density at radius 1 is 1.17 bits per heavy atom. The van der Waals surface area contributed by atoms with Gasteiger partial charge in [0.05, 0.1) is 11.4 Å². The van der Waals surface area contributed by atoms with Gasteiger partial charge in [-0.15, -0.1) is 10.2 Å². The molecule has 0 atom stereocenters. The number of piperazine rings is 1. The zero-order valence-electron chi connectivity index (χ0n) is 12.9. The number of nitrogens with two attached hydrogens (primary N) is 1. The Morgan fingerprint density at radius 3 is 2.52 bits per heavy atom. The lowest BCUT2D eigenvalue weighted by Gasteiger charge is -2.35. The lowest BCUT2D eigenvalue weighted by atomic mass is 10.1. The number of benzene rings is 1. The van der Waals surface area contributed by atoms with Gasteiger partial charge in [0.1, 0.15) is 5.75 Å². The van der Waals surface area contributed by atoms with Crippen molar-refractivity contribution in [2.75, 3.05) is 36.8 Å². The number of carbonyl (C=O) groups excluding carboxylic acids is 1. The van der Waals surface area contributed by atoms with Crippen molar-refractivity contribution in [2.45, 2.75) is 6.92 Å². The highest BCUT2D eigenvalue weighted by Gasteiger charge is 2.21. The van der Waals surface area contributed by atoms with Gasteiger partial charge in [0.15, 0.2) is 5.82 Å². The number of aromatic hydroxyl groups is 1. The standard InChI is InChI=1S/C16H19N5O2/c1-11(22)20-6-8-21(9-7-20)14-10-13(18-19-16(14)17)12-4-2-3-5-15(12)23/h2-5,10,23H,6-9H2,1H3,(H2,17,19). The van der Waals surface area contributed by atoms with Gasteiger partial charge in [-0.05, 0) is 18.2 Å². The fourth-order valence-electron chi connectivity index (χ4n) is 2.73. The number of hydrogen-bond donors (Lipinski definition) is 2. The monoisotopic (exact) mass is 313 g/mol. The largest absolute Gasteiger partial charge is 0.507 e. The molecule has 1 aromatic heterocycles. The van der Waals surface area contributed by atoms with Crippen LogP contribution in [-0.4, -0.2) is 52.3 Å². The molecule has 0 unspecified atom stereocenters. The molecule has 1 saturated heterocycles. The second kappa shape index (κ2) is 6.12. The third-order valence-electron chi connectivity index (χ3n) is 4.05. The Kier molecular flexibility index (Phi) is 4.01. The Labute approximate surface area is 134 Å². The minimum absolute atomic E-state index is 0.0837. The number of hydrogen-bond acceptors (Lipinski definition) is 6. The second-order valence-corrected chi connectivity index (χ2v) is 5.51. The number of para-hydroxylation sites is 1. The zero-order valence-corrected chi connectivity index (χ0v) is 12.9. The van der Waals surface area contributed by atoms with Gasteiger partial charge in [0.25, 0.3) is 0 Å². The van der Waals surface area contributed by atoms with Crippen molar-refractivity contribution < 1.29 is 9.90 Å². The first kappa shape index (κ1) is 15.1. The van der Waals surface area contributed by atoms with Gasteiger partial charge in [-0.3, -0.25) is 4.79 Å². The summed E-state index contributed by atoms with van der Waals surface area (Å²) in [7, 11) is 0. The molecule has 0 radical (unpaired) electrons. The molecule has 2 aromatic rings. The molecule has 7 nitrogen and oxygen atoms in total. The first-order valence-electron chi connectivity index (χ1n) is 7.48. The number of phenolic OH excluding ortho intramolecular Hbond substituents is 1. The minimum Gasteiger partial charge on any atom is -0.507 e. The number of aromatic nitrogens is 2. The van der Waals surface area contributed by atoms with Gasteiger partial charge < -0.3 is 20.6 Å². The molecule has 1 aliphatic rings. The van der Waals surface area contributed by atoms with Gasteiger partial charge in [-0.25, -0.2) is 0 Å². The van der Waals surface area contributed by atoms with Crippen molar-refractivity contribution in [3.63, 3.8) is 0 Å². The highest BCUT2D eigenvalue weighted by Crippen LogP contribution is 2.31. The van der Waals surface area contributed by atoms with E-state index in [-0.39, 0.29) is 11.7 Å². The Bertz CT molecular complexity index is 726. The van der Waals surface area contributed by atoms with Crippen molar-refractivity contribution >= 4 is 17.4 Å². The van der Waals surface area contributed by atoms with Crippen molar-refractivity contribution in [1.29, 1.82) is 0 Å². The summed E-state index contributed by atoms with van der Waals surface area (Å²) in [6, 6.07) is 8.82. The van der Waals surface area contributed by atoms with Crippen LogP contribution >= 0.6 is 0 Å². The average molecular weight is 313 g/mol. The third-order valence-corrected chi connectivity index (χ3v) is 4.05. The molecule has 7 heteroatoms. The quantitative estimate of drug-likeness (QED) is 0.862. The van der Waals surface area contributed by atoms with Crippen LogP contribution in [0.25, 0.3) is 11.3 Å². The molecular formula is C16H19N5O2. The van der Waals surface area contributed by atoms with Crippen LogP contribution in [0.2, 0.25) is 0 Å². The van der Waals surface area contributed by atoms with E-state index < -0.39 is 0 Å². The molecule has 23 heavy (non-hydrogen) atoms. The van der Waals surface area contributed by atoms with Gasteiger partial charge in [0, 0.05) is 38.7 Å². The van der Waals surface area contributed by atoms with Gasteiger partial charge >= 0.3 is 0 Å². The lowest BCUT2D eigenvalue weighted by Crippen LogP contribution is -2.48. The summed E-state index contributed by atoms with van der Waals surface area (Å²) in [6.45, 7) is 4.27. The Morgan fingerprint density at radius 2 is 1.87 bits per heavy atom. The summed E-state index contributed by atoms with van der Waals surface area (Å²) in [6.07, 6.45) is 0. The molecule has 1 aromatic carbocycles. The van der Waals surface area contributed by atoms with Crippen molar-refractivity contribution in [2.24, 2.45) is 0 Å². The molecule has 2 heterocycles. The SMILES string of the molecule is CC(=O)N1CCN(c2cc(-c3ccccc3O)nnc2N)CC1. The number of rotatable bonds is 2. The van der Waals surface area contributed by atoms with E-state index in [1.165, 1.54) is 0 Å². The molecule has 3 N–H and O–H groups in total. The Balaban J connectivity index is 1.88. The lowest BCUT2D eigenvalue weighted by molar-refractivity contribution is -0.129. The Hall–Kier alpha value is -2.83. The van der Waals surface area contributed by atoms with E-state index >= 15 is 0 Å². The maximum absolute atomic E-state index is 11.4. The molecule has 1 amide bonds. The number of carbonyl (C=O) groups is 1. The van der Waals surface area contributed by atoms with Crippen molar-refractivity contribution in [1.82, 2.24) is 15.1 Å². The second-order valence-electron chi connectivity index (χ2n) is 5.51. The molecule has 1 aliphatic heterocycles. The summed E-state index contributed by atoms with van der Waals surface area (Å²) in [5, 5.41) is 18.1. The fourth-order valence-corrected chi connectivity index (χ4v) is 2.73. The van der Waals surface area contributed by atoms with E-state index in [1.54, 1.807) is 25.1 Å². The summed E-state index contributed by atoms with van der Waals surface area (Å²) >= 11 is 0. The first-order valence-corrected chi connectivity index (χ1v) is 7.48. The number of anilines is 2. The average Bonchev–Trinajstić information content (AvgIpc) is 2.56. The summed E-state index contributed by atoms with van der Waals surface area (Å²) < 4.78 is 0. The highest BCUT2D eigenvalue weighted by atomic mass is 16.3. The maximum Gasteiger partial charge on any atom is 0.219 e. The number of amides is 1. The van der Waals surface area contributed by atoms with Gasteiger partial charge in [-0.1, -0.05) is 12.1 Å². The smallest absolute Gasteiger partial charge is 0.219 e. The topological polar surface area (TPSA) is 95.6 Å². The zero-order chi connectivity index (χ0) is 16.4. The predicted octanol–water partition coefficient (Wildman–Crippen LogP) is 1.10. The van der Waals surface area contributed by atoms with Crippen molar-refractivity contribution in [3.8, 4) is 17.0 Å². The van der Waals surface area contributed by atoms with Crippen LogP contribution < -0.4 is 10.6 Å². The molecule has 1 fully saturated rings. The summed E-state index contributed by atoms with van der Waals surface area (Å²) in [5.41, 5.74) is 7.94. The number of nitrogen functional groups attached to an aromatic ring is 1. The molecule has 120 valence electrons. The van der Waals surface area contributed by atoms with E-state index in [1.807, 2.05) is 17.0 Å². The van der Waals surface area contributed by atoms with E-state index in [0.29, 0.717) is 43.3 Å². The third kappa shape index (κ3) is 3.03.